The highest BCUT2D eigenvalue weighted by Crippen LogP contribution is 2.26. The van der Waals surface area contributed by atoms with Crippen LogP contribution in [0.15, 0.2) is 34.8 Å². The Hall–Kier alpha value is -1.88. The molecule has 3 nitrogen and oxygen atoms in total. The highest BCUT2D eigenvalue weighted by Gasteiger charge is 2.18. The molecule has 2 N–H and O–H groups in total. The van der Waals surface area contributed by atoms with E-state index in [4.69, 9.17) is 5.73 Å². The highest BCUT2D eigenvalue weighted by atomic mass is 79.9. The van der Waals surface area contributed by atoms with E-state index in [0.29, 0.717) is 10.0 Å². The molecule has 0 atom stereocenters. The molecular weight excluding hydrogens is 335 g/mol. The number of carbonyl (C=O) groups excluding carboxylic acids is 1. The molecule has 1 amide bonds. The van der Waals surface area contributed by atoms with E-state index in [1.54, 1.807) is 7.05 Å². The first kappa shape index (κ1) is 15.5. The standard InChI is InChI=1S/C16H16BrFN2O/c1-9-4-10(2)6-11(5-9)20(3)16(21)12-7-15(19)14(18)8-13(12)17/h4-8H,19H2,1-3H3. The van der Waals surface area contributed by atoms with Crippen molar-refractivity contribution in [2.45, 2.75) is 13.8 Å². The SMILES string of the molecule is Cc1cc(C)cc(N(C)C(=O)c2cc(N)c(F)cc2Br)c1. The van der Waals surface area contributed by atoms with Crippen LogP contribution in [-0.4, -0.2) is 13.0 Å². The number of halogens is 2. The predicted octanol–water partition coefficient (Wildman–Crippen LogP) is 4.06. The summed E-state index contributed by atoms with van der Waals surface area (Å²) < 4.78 is 13.8. The molecule has 2 aromatic carbocycles. The summed E-state index contributed by atoms with van der Waals surface area (Å²) in [7, 11) is 1.68. The minimum Gasteiger partial charge on any atom is -0.396 e. The summed E-state index contributed by atoms with van der Waals surface area (Å²) in [5, 5.41) is 0. The second-order valence-electron chi connectivity index (χ2n) is 5.06. The number of nitrogen functional groups attached to an aromatic ring is 1. The van der Waals surface area contributed by atoms with E-state index in [-0.39, 0.29) is 11.6 Å². The van der Waals surface area contributed by atoms with Gasteiger partial charge in [-0.2, -0.15) is 0 Å². The molecule has 2 rings (SSSR count). The van der Waals surface area contributed by atoms with E-state index < -0.39 is 5.82 Å². The molecule has 21 heavy (non-hydrogen) atoms. The van der Waals surface area contributed by atoms with Crippen LogP contribution in [0.2, 0.25) is 0 Å². The number of carbonyl (C=O) groups is 1. The quantitative estimate of drug-likeness (QED) is 0.830. The number of amides is 1. The van der Waals surface area contributed by atoms with Gasteiger partial charge in [-0.05, 0) is 65.2 Å². The van der Waals surface area contributed by atoms with Gasteiger partial charge in [0.15, 0.2) is 0 Å². The van der Waals surface area contributed by atoms with Gasteiger partial charge in [0.05, 0.1) is 11.3 Å². The lowest BCUT2D eigenvalue weighted by molar-refractivity contribution is 0.0992. The number of benzene rings is 2. The number of nitrogens with zero attached hydrogens (tertiary/aromatic N) is 1. The molecule has 0 unspecified atom stereocenters. The normalized spacial score (nSPS) is 10.5. The Morgan fingerprint density at radius 3 is 2.29 bits per heavy atom. The average molecular weight is 351 g/mol. The Bertz CT molecular complexity index is 695. The van der Waals surface area contributed by atoms with E-state index in [1.165, 1.54) is 17.0 Å². The van der Waals surface area contributed by atoms with E-state index in [2.05, 4.69) is 15.9 Å². The van der Waals surface area contributed by atoms with Crippen molar-refractivity contribution in [3.05, 3.63) is 57.3 Å². The lowest BCUT2D eigenvalue weighted by atomic mass is 10.1. The minimum absolute atomic E-state index is 0.0460. The van der Waals surface area contributed by atoms with Gasteiger partial charge in [-0.1, -0.05) is 6.07 Å². The maximum absolute atomic E-state index is 13.4. The number of rotatable bonds is 2. The van der Waals surface area contributed by atoms with Crippen LogP contribution in [-0.2, 0) is 0 Å². The molecule has 110 valence electrons. The summed E-state index contributed by atoms with van der Waals surface area (Å²) in [4.78, 5) is 14.1. The van der Waals surface area contributed by atoms with Gasteiger partial charge in [0.25, 0.3) is 5.91 Å². The second kappa shape index (κ2) is 5.85. The molecule has 5 heteroatoms. The second-order valence-corrected chi connectivity index (χ2v) is 5.92. The summed E-state index contributed by atoms with van der Waals surface area (Å²) in [5.41, 5.74) is 8.76. The van der Waals surface area contributed by atoms with Crippen LogP contribution in [0.4, 0.5) is 15.8 Å². The summed E-state index contributed by atoms with van der Waals surface area (Å²) in [5.74, 6) is -0.800. The molecule has 0 aliphatic rings. The molecule has 0 heterocycles. The molecular formula is C16H16BrFN2O. The van der Waals surface area contributed by atoms with Gasteiger partial charge in [-0.15, -0.1) is 0 Å². The summed E-state index contributed by atoms with van der Waals surface area (Å²) in [6.45, 7) is 3.95. The topological polar surface area (TPSA) is 46.3 Å². The Morgan fingerprint density at radius 2 is 1.71 bits per heavy atom. The van der Waals surface area contributed by atoms with Gasteiger partial charge in [0, 0.05) is 17.2 Å². The number of hydrogen-bond donors (Lipinski definition) is 1. The van der Waals surface area contributed by atoms with Crippen LogP contribution in [0.1, 0.15) is 21.5 Å². The smallest absolute Gasteiger partial charge is 0.259 e. The molecule has 0 spiro atoms. The molecule has 0 bridgehead atoms. The minimum atomic E-state index is -0.549. The van der Waals surface area contributed by atoms with Crippen molar-refractivity contribution < 1.29 is 9.18 Å². The lowest BCUT2D eigenvalue weighted by Gasteiger charge is -2.19. The number of nitrogens with two attached hydrogens (primary N) is 1. The van der Waals surface area contributed by atoms with Gasteiger partial charge in [0.2, 0.25) is 0 Å². The molecule has 2 aromatic rings. The van der Waals surface area contributed by atoms with Crippen LogP contribution in [0.25, 0.3) is 0 Å². The molecule has 0 fully saturated rings. The summed E-state index contributed by atoms with van der Waals surface area (Å²) >= 11 is 3.21. The van der Waals surface area contributed by atoms with Crippen molar-refractivity contribution in [1.29, 1.82) is 0 Å². The van der Waals surface area contributed by atoms with E-state index in [0.717, 1.165) is 16.8 Å². The Balaban J connectivity index is 2.42. The van der Waals surface area contributed by atoms with Gasteiger partial charge in [0.1, 0.15) is 5.82 Å². The van der Waals surface area contributed by atoms with Gasteiger partial charge >= 0.3 is 0 Å². The van der Waals surface area contributed by atoms with Crippen molar-refractivity contribution in [2.75, 3.05) is 17.7 Å². The molecule has 0 aliphatic heterocycles. The Labute approximate surface area is 131 Å². The Kier molecular flexibility index (Phi) is 4.32. The van der Waals surface area contributed by atoms with Crippen molar-refractivity contribution in [3.63, 3.8) is 0 Å². The third-order valence-electron chi connectivity index (χ3n) is 3.22. The summed E-state index contributed by atoms with van der Waals surface area (Å²) in [6, 6.07) is 8.43. The molecule has 0 aliphatic carbocycles. The van der Waals surface area contributed by atoms with Gasteiger partial charge in [-0.25, -0.2) is 4.39 Å². The lowest BCUT2D eigenvalue weighted by Crippen LogP contribution is -2.27. The monoisotopic (exact) mass is 350 g/mol. The maximum atomic E-state index is 13.4. The van der Waals surface area contributed by atoms with Crippen LogP contribution in [0.3, 0.4) is 0 Å². The third kappa shape index (κ3) is 3.24. The fraction of sp³-hybridized carbons (Fsp3) is 0.188. The maximum Gasteiger partial charge on any atom is 0.259 e. The first-order chi connectivity index (χ1) is 9.79. The fourth-order valence-electron chi connectivity index (χ4n) is 2.17. The van der Waals surface area contributed by atoms with Crippen molar-refractivity contribution in [3.8, 4) is 0 Å². The molecule has 0 saturated heterocycles. The summed E-state index contributed by atoms with van der Waals surface area (Å²) in [6.07, 6.45) is 0. The van der Waals surface area contributed by atoms with Crippen LogP contribution < -0.4 is 10.6 Å². The van der Waals surface area contributed by atoms with Gasteiger partial charge < -0.3 is 10.6 Å². The van der Waals surface area contributed by atoms with Crippen molar-refractivity contribution >= 4 is 33.2 Å². The van der Waals surface area contributed by atoms with Crippen molar-refractivity contribution in [1.82, 2.24) is 0 Å². The van der Waals surface area contributed by atoms with Crippen LogP contribution in [0.5, 0.6) is 0 Å². The molecule has 0 saturated carbocycles. The number of aryl methyl sites for hydroxylation is 2. The predicted molar refractivity (Wildman–Crippen MR) is 87.2 cm³/mol. The first-order valence-electron chi connectivity index (χ1n) is 6.40. The zero-order chi connectivity index (χ0) is 15.7. The van der Waals surface area contributed by atoms with Crippen LogP contribution in [0, 0.1) is 19.7 Å². The fourth-order valence-corrected chi connectivity index (χ4v) is 2.66. The van der Waals surface area contributed by atoms with Crippen LogP contribution >= 0.6 is 15.9 Å². The van der Waals surface area contributed by atoms with E-state index >= 15 is 0 Å². The molecule has 0 radical (unpaired) electrons. The van der Waals surface area contributed by atoms with E-state index in [9.17, 15) is 9.18 Å². The largest absolute Gasteiger partial charge is 0.396 e. The van der Waals surface area contributed by atoms with Gasteiger partial charge in [-0.3, -0.25) is 4.79 Å². The average Bonchev–Trinajstić information content (AvgIpc) is 2.40. The Morgan fingerprint density at radius 1 is 1.14 bits per heavy atom. The molecule has 0 aromatic heterocycles. The number of anilines is 2. The zero-order valence-corrected chi connectivity index (χ0v) is 13.7. The first-order valence-corrected chi connectivity index (χ1v) is 7.19. The highest BCUT2D eigenvalue weighted by molar-refractivity contribution is 9.10. The third-order valence-corrected chi connectivity index (χ3v) is 3.87. The number of hydrogen-bond acceptors (Lipinski definition) is 2. The van der Waals surface area contributed by atoms with E-state index in [1.807, 2.05) is 32.0 Å². The van der Waals surface area contributed by atoms with Crippen molar-refractivity contribution in [2.24, 2.45) is 0 Å². The zero-order valence-electron chi connectivity index (χ0n) is 12.1.